The first-order valence-corrected chi connectivity index (χ1v) is 9.60. The lowest BCUT2D eigenvalue weighted by Crippen LogP contribution is -2.39. The van der Waals surface area contributed by atoms with E-state index in [9.17, 15) is 9.90 Å². The lowest BCUT2D eigenvalue weighted by atomic mass is 9.93. The molecule has 0 saturated carbocycles. The van der Waals surface area contributed by atoms with Crippen molar-refractivity contribution in [3.63, 3.8) is 0 Å². The Bertz CT molecular complexity index is 725. The van der Waals surface area contributed by atoms with E-state index in [-0.39, 0.29) is 6.04 Å². The third kappa shape index (κ3) is 3.96. The molecule has 0 bridgehead atoms. The van der Waals surface area contributed by atoms with Gasteiger partial charge in [0.05, 0.1) is 6.04 Å². The monoisotopic (exact) mass is 401 g/mol. The van der Waals surface area contributed by atoms with Crippen molar-refractivity contribution in [2.24, 2.45) is 0 Å². The molecule has 0 aliphatic carbocycles. The zero-order valence-electron chi connectivity index (χ0n) is 14.7. The summed E-state index contributed by atoms with van der Waals surface area (Å²) in [6.45, 7) is 5.17. The van der Waals surface area contributed by atoms with Crippen LogP contribution in [-0.4, -0.2) is 28.6 Å². The van der Waals surface area contributed by atoms with Gasteiger partial charge in [-0.3, -0.25) is 9.69 Å². The van der Waals surface area contributed by atoms with Gasteiger partial charge in [-0.15, -0.1) is 0 Å². The van der Waals surface area contributed by atoms with Crippen LogP contribution in [-0.2, 0) is 4.79 Å². The van der Waals surface area contributed by atoms with Crippen LogP contribution in [0.3, 0.4) is 0 Å². The molecule has 1 saturated heterocycles. The first-order chi connectivity index (χ1) is 12.0. The second kappa shape index (κ2) is 7.71. The number of likely N-dealkylation sites (tertiary alicyclic amines) is 1. The lowest BCUT2D eigenvalue weighted by molar-refractivity contribution is -0.142. The maximum atomic E-state index is 11.7. The first-order valence-electron chi connectivity index (χ1n) is 8.81. The summed E-state index contributed by atoms with van der Waals surface area (Å²) in [6.07, 6.45) is 1.64. The quantitative estimate of drug-likeness (QED) is 0.746. The zero-order chi connectivity index (χ0) is 18.0. The molecule has 2 aromatic rings. The Morgan fingerprint density at radius 2 is 1.56 bits per heavy atom. The number of rotatable bonds is 5. The van der Waals surface area contributed by atoms with Gasteiger partial charge in [-0.1, -0.05) is 66.2 Å². The van der Waals surface area contributed by atoms with Crippen molar-refractivity contribution in [2.45, 2.75) is 44.7 Å². The van der Waals surface area contributed by atoms with E-state index in [4.69, 9.17) is 0 Å². The average Bonchev–Trinajstić information content (AvgIpc) is 3.07. The van der Waals surface area contributed by atoms with Crippen molar-refractivity contribution in [2.75, 3.05) is 6.54 Å². The van der Waals surface area contributed by atoms with Gasteiger partial charge in [-0.2, -0.15) is 0 Å². The third-order valence-electron chi connectivity index (χ3n) is 5.02. The summed E-state index contributed by atoms with van der Waals surface area (Å²) in [6, 6.07) is 16.4. The number of carbonyl (C=O) groups is 1. The Kier molecular flexibility index (Phi) is 5.60. The molecule has 4 heteroatoms. The molecule has 0 amide bonds. The SMILES string of the molecule is CC(C)c1ccc(C(c2ccc(Br)cc2)N2CCCC2C(=O)O)cc1. The van der Waals surface area contributed by atoms with Gasteiger partial charge >= 0.3 is 5.97 Å². The first kappa shape index (κ1) is 18.2. The molecule has 1 N–H and O–H groups in total. The summed E-state index contributed by atoms with van der Waals surface area (Å²) >= 11 is 3.49. The molecule has 0 radical (unpaired) electrons. The number of nitrogens with zero attached hydrogens (tertiary/aromatic N) is 1. The van der Waals surface area contributed by atoms with Crippen LogP contribution >= 0.6 is 15.9 Å². The molecule has 2 unspecified atom stereocenters. The van der Waals surface area contributed by atoms with Crippen molar-refractivity contribution in [1.29, 1.82) is 0 Å². The maximum absolute atomic E-state index is 11.7. The highest BCUT2D eigenvalue weighted by atomic mass is 79.9. The van der Waals surface area contributed by atoms with E-state index in [1.165, 1.54) is 5.56 Å². The van der Waals surface area contributed by atoms with Crippen LogP contribution in [0.5, 0.6) is 0 Å². The molecule has 0 spiro atoms. The third-order valence-corrected chi connectivity index (χ3v) is 5.54. The summed E-state index contributed by atoms with van der Waals surface area (Å²) in [7, 11) is 0. The van der Waals surface area contributed by atoms with E-state index in [2.05, 4.69) is 71.1 Å². The largest absolute Gasteiger partial charge is 0.480 e. The van der Waals surface area contributed by atoms with Gasteiger partial charge in [0, 0.05) is 11.0 Å². The van der Waals surface area contributed by atoms with Crippen LogP contribution in [0, 0.1) is 0 Å². The van der Waals surface area contributed by atoms with Crippen LogP contribution in [0.2, 0.25) is 0 Å². The predicted octanol–water partition coefficient (Wildman–Crippen LogP) is 5.21. The molecule has 0 aromatic heterocycles. The topological polar surface area (TPSA) is 40.5 Å². The van der Waals surface area contributed by atoms with Gasteiger partial charge in [0.2, 0.25) is 0 Å². The molecular formula is C21H24BrNO2. The van der Waals surface area contributed by atoms with Crippen LogP contribution < -0.4 is 0 Å². The van der Waals surface area contributed by atoms with Gasteiger partial charge in [-0.05, 0) is 47.6 Å². The fourth-order valence-corrected chi connectivity index (χ4v) is 3.91. The minimum absolute atomic E-state index is 0.0297. The van der Waals surface area contributed by atoms with Crippen molar-refractivity contribution >= 4 is 21.9 Å². The number of hydrogen-bond donors (Lipinski definition) is 1. The molecular weight excluding hydrogens is 378 g/mol. The van der Waals surface area contributed by atoms with Crippen LogP contribution in [0.15, 0.2) is 53.0 Å². The van der Waals surface area contributed by atoms with Crippen molar-refractivity contribution < 1.29 is 9.90 Å². The number of benzene rings is 2. The molecule has 1 fully saturated rings. The Hall–Kier alpha value is -1.65. The van der Waals surface area contributed by atoms with E-state index in [1.807, 2.05) is 12.1 Å². The maximum Gasteiger partial charge on any atom is 0.320 e. The minimum atomic E-state index is -0.724. The Morgan fingerprint density at radius 1 is 1.04 bits per heavy atom. The zero-order valence-corrected chi connectivity index (χ0v) is 16.2. The molecule has 1 aliphatic rings. The molecule has 2 aromatic carbocycles. The van der Waals surface area contributed by atoms with Crippen LogP contribution in [0.25, 0.3) is 0 Å². The fourth-order valence-electron chi connectivity index (χ4n) is 3.65. The molecule has 3 nitrogen and oxygen atoms in total. The van der Waals surface area contributed by atoms with Gasteiger partial charge in [0.25, 0.3) is 0 Å². The molecule has 3 rings (SSSR count). The lowest BCUT2D eigenvalue weighted by Gasteiger charge is -2.32. The van der Waals surface area contributed by atoms with Crippen molar-refractivity contribution in [3.05, 3.63) is 69.7 Å². The molecule has 1 aliphatic heterocycles. The van der Waals surface area contributed by atoms with E-state index >= 15 is 0 Å². The summed E-state index contributed by atoms with van der Waals surface area (Å²) in [5, 5.41) is 9.64. The minimum Gasteiger partial charge on any atom is -0.480 e. The average molecular weight is 402 g/mol. The van der Waals surface area contributed by atoms with Gasteiger partial charge < -0.3 is 5.11 Å². The normalized spacial score (nSPS) is 19.3. The van der Waals surface area contributed by atoms with Gasteiger partial charge in [-0.25, -0.2) is 0 Å². The van der Waals surface area contributed by atoms with Gasteiger partial charge in [0.1, 0.15) is 6.04 Å². The highest BCUT2D eigenvalue weighted by Crippen LogP contribution is 2.35. The smallest absolute Gasteiger partial charge is 0.320 e. The molecule has 1 heterocycles. The number of halogens is 1. The van der Waals surface area contributed by atoms with Crippen LogP contribution in [0.1, 0.15) is 55.3 Å². The van der Waals surface area contributed by atoms with E-state index in [0.717, 1.165) is 28.6 Å². The van der Waals surface area contributed by atoms with Crippen molar-refractivity contribution in [3.8, 4) is 0 Å². The second-order valence-corrected chi connectivity index (χ2v) is 7.93. The molecule has 25 heavy (non-hydrogen) atoms. The van der Waals surface area contributed by atoms with E-state index in [1.54, 1.807) is 0 Å². The second-order valence-electron chi connectivity index (χ2n) is 7.01. The standard InChI is InChI=1S/C21H24BrNO2/c1-14(2)15-5-7-16(8-6-15)20(17-9-11-18(22)12-10-17)23-13-3-4-19(23)21(24)25/h5-12,14,19-20H,3-4,13H2,1-2H3,(H,24,25). The number of carboxylic acids is 1. The summed E-state index contributed by atoms with van der Waals surface area (Å²) in [5.41, 5.74) is 3.59. The number of hydrogen-bond acceptors (Lipinski definition) is 2. The Morgan fingerprint density at radius 3 is 2.08 bits per heavy atom. The fraction of sp³-hybridized carbons (Fsp3) is 0.381. The summed E-state index contributed by atoms with van der Waals surface area (Å²) in [5.74, 6) is -0.239. The van der Waals surface area contributed by atoms with Gasteiger partial charge in [0.15, 0.2) is 0 Å². The summed E-state index contributed by atoms with van der Waals surface area (Å²) in [4.78, 5) is 13.9. The van der Waals surface area contributed by atoms with E-state index < -0.39 is 12.0 Å². The van der Waals surface area contributed by atoms with Crippen molar-refractivity contribution in [1.82, 2.24) is 4.90 Å². The Labute approximate surface area is 157 Å². The highest BCUT2D eigenvalue weighted by molar-refractivity contribution is 9.10. The molecule has 132 valence electrons. The molecule has 2 atom stereocenters. The number of carboxylic acid groups (broad SMARTS) is 1. The summed E-state index contributed by atoms with van der Waals surface area (Å²) < 4.78 is 1.03. The van der Waals surface area contributed by atoms with Crippen LogP contribution in [0.4, 0.5) is 0 Å². The Balaban J connectivity index is 2.02. The highest BCUT2D eigenvalue weighted by Gasteiger charge is 2.36. The number of aliphatic carboxylic acids is 1. The van der Waals surface area contributed by atoms with E-state index in [0.29, 0.717) is 12.3 Å². The predicted molar refractivity (Wildman–Crippen MR) is 104 cm³/mol.